The van der Waals surface area contributed by atoms with Crippen LogP contribution < -0.4 is 5.32 Å². The molecule has 39 heavy (non-hydrogen) atoms. The molecule has 1 spiro atoms. The van der Waals surface area contributed by atoms with Crippen LogP contribution in [0, 0.1) is 29.1 Å². The SMILES string of the molecule is C=C1[C@@H](C)[C@H]2[C@H](Cc3c[nH]c4ccccc34)NC(=O)[C@]23C(=O)CC[C@H](O)C(=O)C(C)=CC(C)CC=C[C@H]3[C@@H]1O. The van der Waals surface area contributed by atoms with E-state index in [0.29, 0.717) is 24.0 Å². The van der Waals surface area contributed by atoms with Gasteiger partial charge in [-0.05, 0) is 60.8 Å². The molecule has 4 N–H and O–H groups in total. The zero-order chi connectivity index (χ0) is 28.1. The van der Waals surface area contributed by atoms with Gasteiger partial charge in [0.05, 0.1) is 6.10 Å². The lowest BCUT2D eigenvalue weighted by Gasteiger charge is -2.49. The number of aliphatic hydroxyl groups excluding tert-OH is 2. The average molecular weight is 531 g/mol. The van der Waals surface area contributed by atoms with Crippen molar-refractivity contribution in [1.29, 1.82) is 0 Å². The highest BCUT2D eigenvalue weighted by Crippen LogP contribution is 2.57. The molecule has 2 aromatic rings. The van der Waals surface area contributed by atoms with Gasteiger partial charge in [0.25, 0.3) is 0 Å². The van der Waals surface area contributed by atoms with E-state index in [1.165, 1.54) is 0 Å². The lowest BCUT2D eigenvalue weighted by molar-refractivity contribution is -0.152. The number of carbonyl (C=O) groups is 3. The third-order valence-electron chi connectivity index (χ3n) is 9.32. The molecule has 1 amide bonds. The van der Waals surface area contributed by atoms with Gasteiger partial charge in [0.15, 0.2) is 5.78 Å². The number of para-hydroxylation sites is 1. The highest BCUT2D eigenvalue weighted by Gasteiger charge is 2.68. The van der Waals surface area contributed by atoms with Gasteiger partial charge in [-0.2, -0.15) is 0 Å². The highest BCUT2D eigenvalue weighted by atomic mass is 16.3. The van der Waals surface area contributed by atoms with Gasteiger partial charge in [0.2, 0.25) is 5.91 Å². The van der Waals surface area contributed by atoms with Crippen LogP contribution in [-0.4, -0.2) is 50.9 Å². The van der Waals surface area contributed by atoms with Crippen LogP contribution in [-0.2, 0) is 20.8 Å². The minimum Gasteiger partial charge on any atom is -0.388 e. The zero-order valence-corrected chi connectivity index (χ0v) is 22.8. The molecule has 0 radical (unpaired) electrons. The second-order valence-corrected chi connectivity index (χ2v) is 11.7. The van der Waals surface area contributed by atoms with Crippen molar-refractivity contribution in [2.24, 2.45) is 29.1 Å². The molecule has 2 heterocycles. The van der Waals surface area contributed by atoms with Crippen LogP contribution in [0.15, 0.2) is 66.4 Å². The smallest absolute Gasteiger partial charge is 0.235 e. The molecule has 7 heteroatoms. The van der Waals surface area contributed by atoms with Crippen molar-refractivity contribution in [3.05, 3.63) is 72.0 Å². The summed E-state index contributed by atoms with van der Waals surface area (Å²) in [5, 5.41) is 26.3. The Labute approximate surface area is 229 Å². The fraction of sp³-hybridized carbons (Fsp3) is 0.469. The second-order valence-electron chi connectivity index (χ2n) is 11.7. The van der Waals surface area contributed by atoms with E-state index in [1.54, 1.807) is 6.92 Å². The molecule has 206 valence electrons. The number of ketones is 2. The van der Waals surface area contributed by atoms with Crippen LogP contribution in [0.3, 0.4) is 0 Å². The summed E-state index contributed by atoms with van der Waals surface area (Å²) in [6.07, 6.45) is 5.94. The van der Waals surface area contributed by atoms with Crippen molar-refractivity contribution in [1.82, 2.24) is 10.3 Å². The molecular formula is C32H38N2O5. The third kappa shape index (κ3) is 4.42. The number of fused-ring (bicyclic) bond motifs is 1. The predicted octanol–water partition coefficient (Wildman–Crippen LogP) is 3.82. The first-order valence-corrected chi connectivity index (χ1v) is 13.9. The van der Waals surface area contributed by atoms with Gasteiger partial charge in [-0.1, -0.05) is 56.9 Å². The fourth-order valence-corrected chi connectivity index (χ4v) is 7.30. The minimum atomic E-state index is -1.53. The van der Waals surface area contributed by atoms with Crippen molar-refractivity contribution in [2.75, 3.05) is 0 Å². The quantitative estimate of drug-likeness (QED) is 0.348. The third-order valence-corrected chi connectivity index (χ3v) is 9.32. The number of rotatable bonds is 2. The van der Waals surface area contributed by atoms with E-state index in [2.05, 4.69) is 16.9 Å². The number of H-pyrrole nitrogens is 1. The minimum absolute atomic E-state index is 0.00418. The Morgan fingerprint density at radius 3 is 2.64 bits per heavy atom. The lowest BCUT2D eigenvalue weighted by Crippen LogP contribution is -2.58. The Morgan fingerprint density at radius 2 is 1.87 bits per heavy atom. The van der Waals surface area contributed by atoms with Crippen LogP contribution in [0.2, 0.25) is 0 Å². The number of benzene rings is 1. The summed E-state index contributed by atoms with van der Waals surface area (Å²) in [5.74, 6) is -2.71. The van der Waals surface area contributed by atoms with E-state index in [-0.39, 0.29) is 36.5 Å². The molecule has 1 unspecified atom stereocenters. The summed E-state index contributed by atoms with van der Waals surface area (Å²) in [6, 6.07) is 7.61. The predicted molar refractivity (Wildman–Crippen MR) is 150 cm³/mol. The summed E-state index contributed by atoms with van der Waals surface area (Å²) in [6.45, 7) is 9.79. The van der Waals surface area contributed by atoms with Crippen LogP contribution in [0.4, 0.5) is 0 Å². The molecule has 1 aromatic heterocycles. The summed E-state index contributed by atoms with van der Waals surface area (Å²) < 4.78 is 0. The van der Waals surface area contributed by atoms with E-state index in [9.17, 15) is 24.6 Å². The van der Waals surface area contributed by atoms with Gasteiger partial charge in [0.1, 0.15) is 17.3 Å². The van der Waals surface area contributed by atoms with Crippen molar-refractivity contribution in [2.45, 2.75) is 64.7 Å². The first kappa shape index (κ1) is 27.3. The van der Waals surface area contributed by atoms with E-state index < -0.39 is 41.1 Å². The monoisotopic (exact) mass is 530 g/mol. The number of aliphatic hydroxyl groups is 2. The molecule has 1 saturated carbocycles. The number of nitrogens with one attached hydrogen (secondary N) is 2. The number of allylic oxidation sites excluding steroid dienone is 2. The van der Waals surface area contributed by atoms with Crippen molar-refractivity contribution < 1.29 is 24.6 Å². The average Bonchev–Trinajstić information content (AvgIpc) is 3.45. The normalized spacial score (nSPS) is 35.9. The summed E-state index contributed by atoms with van der Waals surface area (Å²) in [4.78, 5) is 44.4. The molecule has 1 saturated heterocycles. The van der Waals surface area contributed by atoms with Gasteiger partial charge in [-0.15, -0.1) is 0 Å². The maximum absolute atomic E-state index is 14.2. The van der Waals surface area contributed by atoms with Gasteiger partial charge < -0.3 is 20.5 Å². The van der Waals surface area contributed by atoms with Gasteiger partial charge in [0, 0.05) is 41.4 Å². The number of aromatic amines is 1. The first-order chi connectivity index (χ1) is 18.6. The number of aromatic nitrogens is 1. The van der Waals surface area contributed by atoms with Crippen molar-refractivity contribution >= 4 is 28.4 Å². The highest BCUT2D eigenvalue weighted by molar-refractivity contribution is 6.09. The number of carbonyl (C=O) groups excluding carboxylic acids is 3. The molecule has 2 aliphatic carbocycles. The fourth-order valence-electron chi connectivity index (χ4n) is 7.30. The number of hydrogen-bond donors (Lipinski definition) is 4. The number of amides is 1. The van der Waals surface area contributed by atoms with Crippen molar-refractivity contribution in [3.63, 3.8) is 0 Å². The second kappa shape index (κ2) is 10.4. The topological polar surface area (TPSA) is 119 Å². The maximum Gasteiger partial charge on any atom is 0.235 e. The van der Waals surface area contributed by atoms with Crippen LogP contribution >= 0.6 is 0 Å². The molecule has 7 nitrogen and oxygen atoms in total. The van der Waals surface area contributed by atoms with Crippen LogP contribution in [0.25, 0.3) is 10.9 Å². The molecule has 2 fully saturated rings. The zero-order valence-electron chi connectivity index (χ0n) is 22.8. The van der Waals surface area contributed by atoms with Gasteiger partial charge in [-0.3, -0.25) is 14.4 Å². The summed E-state index contributed by atoms with van der Waals surface area (Å²) >= 11 is 0. The Kier molecular flexibility index (Phi) is 7.25. The molecule has 3 aliphatic rings. The molecule has 5 rings (SSSR count). The van der Waals surface area contributed by atoms with Crippen LogP contribution in [0.1, 0.15) is 45.6 Å². The lowest BCUT2D eigenvalue weighted by atomic mass is 9.51. The Bertz CT molecular complexity index is 1390. The van der Waals surface area contributed by atoms with Gasteiger partial charge in [-0.25, -0.2) is 0 Å². The Hall–Kier alpha value is -3.29. The summed E-state index contributed by atoms with van der Waals surface area (Å²) in [7, 11) is 0. The van der Waals surface area contributed by atoms with Crippen molar-refractivity contribution in [3.8, 4) is 0 Å². The number of Topliss-reactive ketones (excluding diaryl/α,β-unsaturated/α-hetero) is 2. The molecule has 0 bridgehead atoms. The van der Waals surface area contributed by atoms with E-state index >= 15 is 0 Å². The van der Waals surface area contributed by atoms with E-state index in [0.717, 1.165) is 16.5 Å². The number of hydrogen-bond acceptors (Lipinski definition) is 5. The largest absolute Gasteiger partial charge is 0.388 e. The standard InChI is InChI=1S/C32H38N2O5/c1-17-8-7-10-23-30(38)20(4)19(3)28-25(15-21-16-33-24-11-6-5-9-22(21)24)34-31(39)32(23,28)27(36)13-12-26(35)29(37)18(2)14-17/h5-7,9-11,14,16-17,19,23,25-26,28,30,33,35,38H,4,8,12-13,15H2,1-3H3,(H,34,39)/t17?,19-,23+,25+,26+,28+,30-,32-/m1/s1. The molecular weight excluding hydrogens is 492 g/mol. The molecule has 1 aliphatic heterocycles. The Morgan fingerprint density at radius 1 is 1.13 bits per heavy atom. The van der Waals surface area contributed by atoms with Gasteiger partial charge >= 0.3 is 0 Å². The van der Waals surface area contributed by atoms with E-state index in [1.807, 2.05) is 62.5 Å². The van der Waals surface area contributed by atoms with Crippen LogP contribution in [0.5, 0.6) is 0 Å². The first-order valence-electron chi connectivity index (χ1n) is 13.9. The maximum atomic E-state index is 14.2. The van der Waals surface area contributed by atoms with E-state index in [4.69, 9.17) is 0 Å². The summed E-state index contributed by atoms with van der Waals surface area (Å²) in [5.41, 5.74) is 1.58. The molecule has 1 aromatic carbocycles. The molecule has 8 atom stereocenters. The Balaban J connectivity index is 1.60.